The van der Waals surface area contributed by atoms with Gasteiger partial charge in [0.15, 0.2) is 0 Å². The minimum Gasteiger partial charge on any atom is -0.496 e. The molecule has 0 saturated heterocycles. The largest absolute Gasteiger partial charge is 0.511 e. The zero-order chi connectivity index (χ0) is 15.0. The Morgan fingerprint density at radius 2 is 2.05 bits per heavy atom. The number of nitrogens with zero attached hydrogens (tertiary/aromatic N) is 1. The number of hydrogen-bond donors (Lipinski definition) is 1. The highest BCUT2D eigenvalue weighted by Gasteiger charge is 2.50. The quantitative estimate of drug-likeness (QED) is 0.904. The van der Waals surface area contributed by atoms with Crippen molar-refractivity contribution in [2.45, 2.75) is 12.1 Å². The SMILES string of the molecule is COc1cccc2c1CN(S(=O)(=O)C(F)(F)F)CCN2. The molecule has 0 atom stereocenters. The van der Waals surface area contributed by atoms with Crippen molar-refractivity contribution in [3.05, 3.63) is 23.8 Å². The van der Waals surface area contributed by atoms with Gasteiger partial charge in [0, 0.05) is 30.9 Å². The number of alkyl halides is 3. The van der Waals surface area contributed by atoms with E-state index in [1.54, 1.807) is 18.2 Å². The minimum atomic E-state index is -5.35. The van der Waals surface area contributed by atoms with E-state index in [0.717, 1.165) is 0 Å². The van der Waals surface area contributed by atoms with Gasteiger partial charge in [-0.25, -0.2) is 8.42 Å². The normalized spacial score (nSPS) is 17.0. The zero-order valence-corrected chi connectivity index (χ0v) is 11.4. The summed E-state index contributed by atoms with van der Waals surface area (Å²) in [6.45, 7) is -0.552. The van der Waals surface area contributed by atoms with Crippen molar-refractivity contribution in [2.75, 3.05) is 25.5 Å². The summed E-state index contributed by atoms with van der Waals surface area (Å²) in [6.07, 6.45) is 0. The molecule has 0 saturated carbocycles. The number of rotatable bonds is 2. The smallest absolute Gasteiger partial charge is 0.496 e. The topological polar surface area (TPSA) is 58.6 Å². The van der Waals surface area contributed by atoms with Crippen LogP contribution in [0.4, 0.5) is 18.9 Å². The van der Waals surface area contributed by atoms with E-state index in [1.165, 1.54) is 7.11 Å². The molecule has 0 fully saturated rings. The standard InChI is InChI=1S/C11H13F3N2O3S/c1-19-10-4-2-3-9-8(10)7-16(6-5-15-9)20(17,18)11(12,13)14/h2-4,15H,5-7H2,1H3. The summed E-state index contributed by atoms with van der Waals surface area (Å²) in [7, 11) is -3.97. The lowest BCUT2D eigenvalue weighted by Crippen LogP contribution is -2.41. The van der Waals surface area contributed by atoms with E-state index < -0.39 is 15.5 Å². The highest BCUT2D eigenvalue weighted by molar-refractivity contribution is 7.89. The molecule has 1 aromatic carbocycles. The molecule has 0 bridgehead atoms. The Hall–Kier alpha value is -1.48. The van der Waals surface area contributed by atoms with Crippen LogP contribution in [-0.2, 0) is 16.6 Å². The Bertz CT molecular complexity index is 601. The van der Waals surface area contributed by atoms with Crippen molar-refractivity contribution >= 4 is 15.7 Å². The van der Waals surface area contributed by atoms with E-state index in [2.05, 4.69) is 5.32 Å². The molecule has 1 aromatic rings. The van der Waals surface area contributed by atoms with Crippen LogP contribution in [0, 0.1) is 0 Å². The van der Waals surface area contributed by atoms with Crippen LogP contribution in [0.2, 0.25) is 0 Å². The van der Waals surface area contributed by atoms with Gasteiger partial charge in [-0.3, -0.25) is 0 Å². The molecular weight excluding hydrogens is 297 g/mol. The molecule has 0 amide bonds. The first-order valence-corrected chi connectivity index (χ1v) is 7.17. The van der Waals surface area contributed by atoms with Gasteiger partial charge >= 0.3 is 15.5 Å². The number of nitrogens with one attached hydrogen (secondary N) is 1. The van der Waals surface area contributed by atoms with Crippen LogP contribution in [0.1, 0.15) is 5.56 Å². The number of halogens is 3. The van der Waals surface area contributed by atoms with E-state index in [9.17, 15) is 21.6 Å². The average Bonchev–Trinajstić information content (AvgIpc) is 2.59. The summed E-state index contributed by atoms with van der Waals surface area (Å²) in [5, 5.41) is 2.90. The lowest BCUT2D eigenvalue weighted by molar-refractivity contribution is -0.0490. The molecule has 112 valence electrons. The first-order chi connectivity index (χ1) is 9.27. The maximum Gasteiger partial charge on any atom is 0.511 e. The lowest BCUT2D eigenvalue weighted by Gasteiger charge is -2.21. The van der Waals surface area contributed by atoms with Gasteiger partial charge in [-0.05, 0) is 12.1 Å². The molecule has 0 aromatic heterocycles. The highest BCUT2D eigenvalue weighted by Crippen LogP contribution is 2.34. The third-order valence-corrected chi connectivity index (χ3v) is 4.57. The van der Waals surface area contributed by atoms with Crippen molar-refractivity contribution in [3.63, 3.8) is 0 Å². The molecule has 1 aliphatic rings. The van der Waals surface area contributed by atoms with Gasteiger partial charge in [0.05, 0.1) is 7.11 Å². The Balaban J connectivity index is 2.43. The van der Waals surface area contributed by atoms with Crippen LogP contribution < -0.4 is 10.1 Å². The van der Waals surface area contributed by atoms with E-state index in [4.69, 9.17) is 4.74 Å². The number of benzene rings is 1. The predicted molar refractivity (Wildman–Crippen MR) is 66.9 cm³/mol. The average molecular weight is 310 g/mol. The number of ether oxygens (including phenoxy) is 1. The maximum atomic E-state index is 12.6. The van der Waals surface area contributed by atoms with Crippen LogP contribution in [-0.4, -0.2) is 38.4 Å². The molecule has 0 unspecified atom stereocenters. The molecule has 20 heavy (non-hydrogen) atoms. The van der Waals surface area contributed by atoms with E-state index >= 15 is 0 Å². The van der Waals surface area contributed by atoms with E-state index in [-0.39, 0.29) is 19.6 Å². The van der Waals surface area contributed by atoms with Crippen LogP contribution >= 0.6 is 0 Å². The van der Waals surface area contributed by atoms with E-state index in [1.807, 2.05) is 0 Å². The molecule has 9 heteroatoms. The number of hydrogen-bond acceptors (Lipinski definition) is 4. The van der Waals surface area contributed by atoms with Gasteiger partial charge < -0.3 is 10.1 Å². The van der Waals surface area contributed by atoms with Gasteiger partial charge in [0.2, 0.25) is 0 Å². The second-order valence-corrected chi connectivity index (χ2v) is 6.13. The van der Waals surface area contributed by atoms with Crippen molar-refractivity contribution in [2.24, 2.45) is 0 Å². The molecule has 1 N–H and O–H groups in total. The van der Waals surface area contributed by atoms with Gasteiger partial charge in [-0.1, -0.05) is 6.07 Å². The van der Waals surface area contributed by atoms with Gasteiger partial charge in [0.25, 0.3) is 0 Å². The number of fused-ring (bicyclic) bond motifs is 1. The third kappa shape index (κ3) is 2.55. The molecular formula is C11H13F3N2O3S. The molecule has 1 aliphatic heterocycles. The molecule has 1 heterocycles. The second kappa shape index (κ2) is 5.13. The van der Waals surface area contributed by atoms with Crippen molar-refractivity contribution < 1.29 is 26.3 Å². The Morgan fingerprint density at radius 3 is 2.65 bits per heavy atom. The minimum absolute atomic E-state index is 0.0927. The lowest BCUT2D eigenvalue weighted by atomic mass is 10.1. The Morgan fingerprint density at radius 1 is 1.35 bits per heavy atom. The summed E-state index contributed by atoms with van der Waals surface area (Å²) < 4.78 is 66.4. The van der Waals surface area contributed by atoms with Crippen molar-refractivity contribution in [3.8, 4) is 5.75 Å². The molecule has 5 nitrogen and oxygen atoms in total. The molecule has 0 spiro atoms. The van der Waals surface area contributed by atoms with Crippen LogP contribution in [0.3, 0.4) is 0 Å². The summed E-state index contributed by atoms with van der Waals surface area (Å²) >= 11 is 0. The maximum absolute atomic E-state index is 12.6. The van der Waals surface area contributed by atoms with Gasteiger partial charge in [-0.2, -0.15) is 17.5 Å². The first-order valence-electron chi connectivity index (χ1n) is 5.73. The summed E-state index contributed by atoms with van der Waals surface area (Å²) in [4.78, 5) is 0. The fourth-order valence-electron chi connectivity index (χ4n) is 2.01. The summed E-state index contributed by atoms with van der Waals surface area (Å²) in [5.74, 6) is 0.347. The van der Waals surface area contributed by atoms with E-state index in [0.29, 0.717) is 21.3 Å². The predicted octanol–water partition coefficient (Wildman–Crippen LogP) is 1.77. The van der Waals surface area contributed by atoms with Crippen LogP contribution in [0.5, 0.6) is 5.75 Å². The van der Waals surface area contributed by atoms with Gasteiger partial charge in [-0.15, -0.1) is 0 Å². The molecule has 0 aliphatic carbocycles. The number of sulfonamides is 1. The monoisotopic (exact) mass is 310 g/mol. The van der Waals surface area contributed by atoms with Crippen LogP contribution in [0.25, 0.3) is 0 Å². The van der Waals surface area contributed by atoms with Crippen LogP contribution in [0.15, 0.2) is 18.2 Å². The number of anilines is 1. The Labute approximate surface area is 114 Å². The Kier molecular flexibility index (Phi) is 3.83. The zero-order valence-electron chi connectivity index (χ0n) is 10.6. The molecule has 2 rings (SSSR count). The third-order valence-electron chi connectivity index (χ3n) is 3.00. The fourth-order valence-corrected chi connectivity index (χ4v) is 2.93. The van der Waals surface area contributed by atoms with Crippen molar-refractivity contribution in [1.82, 2.24) is 4.31 Å². The van der Waals surface area contributed by atoms with Gasteiger partial charge in [0.1, 0.15) is 5.75 Å². The highest BCUT2D eigenvalue weighted by atomic mass is 32.2. The fraction of sp³-hybridized carbons (Fsp3) is 0.455. The second-order valence-electron chi connectivity index (χ2n) is 4.20. The summed E-state index contributed by atoms with van der Waals surface area (Å²) in [6, 6.07) is 4.92. The number of methoxy groups -OCH3 is 1. The summed E-state index contributed by atoms with van der Waals surface area (Å²) in [5.41, 5.74) is -4.34. The first kappa shape index (κ1) is 14.9. The van der Waals surface area contributed by atoms with Crippen molar-refractivity contribution in [1.29, 1.82) is 0 Å². The molecule has 0 radical (unpaired) electrons.